The van der Waals surface area contributed by atoms with Gasteiger partial charge in [0, 0.05) is 18.5 Å². The molecule has 0 amide bonds. The van der Waals surface area contributed by atoms with E-state index in [1.807, 2.05) is 35.7 Å². The summed E-state index contributed by atoms with van der Waals surface area (Å²) in [5.74, 6) is 0.0344. The number of Topliss-reactive ketones (excluding diaryl/α,β-unsaturated/α-hetero) is 1. The first-order chi connectivity index (χ1) is 7.68. The fourth-order valence-electron chi connectivity index (χ4n) is 2.17. The van der Waals surface area contributed by atoms with E-state index in [9.17, 15) is 4.79 Å². The Kier molecular flexibility index (Phi) is 1.68. The number of aromatic nitrogens is 3. The Labute approximate surface area is 91.9 Å². The number of carbonyl (C=O) groups is 1. The third-order valence-electron chi connectivity index (χ3n) is 2.80. The molecule has 1 N–H and O–H groups in total. The van der Waals surface area contributed by atoms with E-state index >= 15 is 0 Å². The lowest BCUT2D eigenvalue weighted by atomic mass is 10.2. The Hall–Kier alpha value is -2.10. The van der Waals surface area contributed by atoms with Crippen LogP contribution in [0.15, 0.2) is 24.4 Å². The minimum Gasteiger partial charge on any atom is -0.347 e. The fourth-order valence-corrected chi connectivity index (χ4v) is 2.17. The minimum atomic E-state index is 0.0344. The second-order valence-corrected chi connectivity index (χ2v) is 3.91. The zero-order valence-corrected chi connectivity index (χ0v) is 9.11. The fraction of sp³-hybridized carbons (Fsp3) is 0.167. The summed E-state index contributed by atoms with van der Waals surface area (Å²) in [4.78, 5) is 19.2. The number of imidazole rings is 1. The molecule has 0 saturated carbocycles. The summed E-state index contributed by atoms with van der Waals surface area (Å²) in [5.41, 5.74) is 3.15. The van der Waals surface area contributed by atoms with Gasteiger partial charge in [0.15, 0.2) is 5.78 Å². The van der Waals surface area contributed by atoms with E-state index in [2.05, 4.69) is 9.97 Å². The monoisotopic (exact) mass is 213 g/mol. The average Bonchev–Trinajstić information content (AvgIpc) is 2.78. The maximum atomic E-state index is 11.6. The summed E-state index contributed by atoms with van der Waals surface area (Å²) in [6.07, 6.45) is 1.86. The number of pyridine rings is 1. The number of hydrogen-bond acceptors (Lipinski definition) is 2. The van der Waals surface area contributed by atoms with Crippen molar-refractivity contribution in [2.75, 3.05) is 0 Å². The first-order valence-corrected chi connectivity index (χ1v) is 5.14. The molecule has 80 valence electrons. The number of aryl methyl sites for hydroxylation is 1. The second kappa shape index (κ2) is 2.95. The molecule has 0 aromatic carbocycles. The number of carbonyl (C=O) groups excluding carboxylic acids is 1. The lowest BCUT2D eigenvalue weighted by Crippen LogP contribution is -2.01. The van der Waals surface area contributed by atoms with Crippen molar-refractivity contribution in [3.8, 4) is 0 Å². The molecule has 3 aromatic rings. The first-order valence-electron chi connectivity index (χ1n) is 5.14. The van der Waals surface area contributed by atoms with Gasteiger partial charge >= 0.3 is 0 Å². The van der Waals surface area contributed by atoms with Gasteiger partial charge in [0.05, 0.1) is 5.69 Å². The Balaban J connectivity index is 2.60. The van der Waals surface area contributed by atoms with E-state index in [1.165, 1.54) is 0 Å². The van der Waals surface area contributed by atoms with Crippen LogP contribution in [0, 0.1) is 6.92 Å². The first kappa shape index (κ1) is 9.15. The van der Waals surface area contributed by atoms with Crippen molar-refractivity contribution in [1.82, 2.24) is 14.4 Å². The molecule has 0 atom stereocenters. The normalized spacial score (nSPS) is 11.4. The maximum absolute atomic E-state index is 11.6. The standard InChI is InChI=1S/C12H11N3O/c1-7-11(8(2)16)15-10(14-7)4-3-9-5-6-13-12(9)15/h3-6,13H,1-2H3. The number of nitrogens with one attached hydrogen (secondary N) is 1. The largest absolute Gasteiger partial charge is 0.347 e. The number of nitrogens with zero attached hydrogens (tertiary/aromatic N) is 2. The number of hydrogen-bond donors (Lipinski definition) is 1. The highest BCUT2D eigenvalue weighted by atomic mass is 16.1. The molecule has 0 saturated heterocycles. The molecule has 3 aromatic heterocycles. The van der Waals surface area contributed by atoms with Crippen LogP contribution in [0.25, 0.3) is 16.7 Å². The Morgan fingerprint density at radius 1 is 1.38 bits per heavy atom. The van der Waals surface area contributed by atoms with Crippen molar-refractivity contribution in [3.05, 3.63) is 35.8 Å². The van der Waals surface area contributed by atoms with Crippen LogP contribution in [0.2, 0.25) is 0 Å². The van der Waals surface area contributed by atoms with E-state index in [-0.39, 0.29) is 5.78 Å². The van der Waals surface area contributed by atoms with E-state index in [0.717, 1.165) is 22.4 Å². The van der Waals surface area contributed by atoms with Crippen molar-refractivity contribution < 1.29 is 4.79 Å². The third kappa shape index (κ3) is 1.04. The number of ketones is 1. The summed E-state index contributed by atoms with van der Waals surface area (Å²) >= 11 is 0. The van der Waals surface area contributed by atoms with Gasteiger partial charge in [-0.25, -0.2) is 4.98 Å². The van der Waals surface area contributed by atoms with Crippen LogP contribution in [-0.2, 0) is 0 Å². The Morgan fingerprint density at radius 3 is 2.94 bits per heavy atom. The van der Waals surface area contributed by atoms with Gasteiger partial charge in [-0.3, -0.25) is 9.20 Å². The maximum Gasteiger partial charge on any atom is 0.178 e. The Bertz CT molecular complexity index is 706. The van der Waals surface area contributed by atoms with Crippen molar-refractivity contribution in [2.24, 2.45) is 0 Å². The molecule has 4 heteroatoms. The molecule has 0 spiro atoms. The van der Waals surface area contributed by atoms with Crippen LogP contribution in [-0.4, -0.2) is 20.2 Å². The van der Waals surface area contributed by atoms with E-state index in [0.29, 0.717) is 5.69 Å². The molecule has 0 aliphatic heterocycles. The predicted molar refractivity (Wildman–Crippen MR) is 61.8 cm³/mol. The predicted octanol–water partition coefficient (Wildman–Crippen LogP) is 2.33. The molecule has 3 heterocycles. The van der Waals surface area contributed by atoms with Crippen LogP contribution in [0.5, 0.6) is 0 Å². The molecule has 0 aliphatic rings. The lowest BCUT2D eigenvalue weighted by molar-refractivity contribution is 0.101. The van der Waals surface area contributed by atoms with Gasteiger partial charge in [-0.05, 0) is 25.1 Å². The number of rotatable bonds is 1. The van der Waals surface area contributed by atoms with Crippen molar-refractivity contribution >= 4 is 22.5 Å². The van der Waals surface area contributed by atoms with Gasteiger partial charge in [-0.2, -0.15) is 0 Å². The van der Waals surface area contributed by atoms with Crippen LogP contribution in [0.4, 0.5) is 0 Å². The zero-order valence-electron chi connectivity index (χ0n) is 9.11. The highest BCUT2D eigenvalue weighted by Crippen LogP contribution is 2.20. The summed E-state index contributed by atoms with van der Waals surface area (Å²) in [6, 6.07) is 5.90. The number of H-pyrrole nitrogens is 1. The van der Waals surface area contributed by atoms with Crippen molar-refractivity contribution in [1.29, 1.82) is 0 Å². The molecule has 3 rings (SSSR count). The molecule has 0 bridgehead atoms. The van der Waals surface area contributed by atoms with Crippen LogP contribution in [0.1, 0.15) is 23.1 Å². The van der Waals surface area contributed by atoms with Gasteiger partial charge in [0.2, 0.25) is 0 Å². The van der Waals surface area contributed by atoms with Crippen LogP contribution >= 0.6 is 0 Å². The lowest BCUT2D eigenvalue weighted by Gasteiger charge is -2.00. The zero-order chi connectivity index (χ0) is 11.3. The van der Waals surface area contributed by atoms with Gasteiger partial charge in [-0.1, -0.05) is 0 Å². The summed E-state index contributed by atoms with van der Waals surface area (Å²) < 4.78 is 1.88. The SMILES string of the molecule is CC(=O)c1c(C)nc2ccc3cc[nH]c3n12. The quantitative estimate of drug-likeness (QED) is 0.631. The molecule has 4 nitrogen and oxygen atoms in total. The average molecular weight is 213 g/mol. The summed E-state index contributed by atoms with van der Waals surface area (Å²) in [5, 5.41) is 1.08. The van der Waals surface area contributed by atoms with Crippen LogP contribution in [0.3, 0.4) is 0 Å². The summed E-state index contributed by atoms with van der Waals surface area (Å²) in [7, 11) is 0. The van der Waals surface area contributed by atoms with Gasteiger partial charge in [-0.15, -0.1) is 0 Å². The van der Waals surface area contributed by atoms with Gasteiger partial charge in [0.1, 0.15) is 17.0 Å². The van der Waals surface area contributed by atoms with Crippen molar-refractivity contribution in [2.45, 2.75) is 13.8 Å². The van der Waals surface area contributed by atoms with E-state index in [4.69, 9.17) is 0 Å². The second-order valence-electron chi connectivity index (χ2n) is 3.91. The molecule has 0 fully saturated rings. The molecular weight excluding hydrogens is 202 g/mol. The van der Waals surface area contributed by atoms with Crippen molar-refractivity contribution in [3.63, 3.8) is 0 Å². The third-order valence-corrected chi connectivity index (χ3v) is 2.80. The van der Waals surface area contributed by atoms with E-state index in [1.54, 1.807) is 6.92 Å². The molecule has 0 aliphatic carbocycles. The topological polar surface area (TPSA) is 50.2 Å². The minimum absolute atomic E-state index is 0.0344. The number of fused-ring (bicyclic) bond motifs is 3. The Morgan fingerprint density at radius 2 is 2.19 bits per heavy atom. The smallest absolute Gasteiger partial charge is 0.178 e. The molecule has 0 radical (unpaired) electrons. The van der Waals surface area contributed by atoms with Gasteiger partial charge < -0.3 is 4.98 Å². The summed E-state index contributed by atoms with van der Waals surface area (Å²) in [6.45, 7) is 3.43. The highest BCUT2D eigenvalue weighted by molar-refractivity contribution is 5.96. The van der Waals surface area contributed by atoms with Gasteiger partial charge in [0.25, 0.3) is 0 Å². The molecular formula is C12H11N3O. The number of aromatic amines is 1. The molecule has 16 heavy (non-hydrogen) atoms. The molecule has 0 unspecified atom stereocenters. The van der Waals surface area contributed by atoms with E-state index < -0.39 is 0 Å². The highest BCUT2D eigenvalue weighted by Gasteiger charge is 2.14. The van der Waals surface area contributed by atoms with Crippen LogP contribution < -0.4 is 0 Å².